The molecule has 120 valence electrons. The molecule has 0 amide bonds. The molecule has 0 aliphatic heterocycles. The van der Waals surface area contributed by atoms with Gasteiger partial charge in [-0.05, 0) is 38.5 Å². The van der Waals surface area contributed by atoms with Gasteiger partial charge in [-0.3, -0.25) is 4.68 Å². The molecule has 0 spiro atoms. The zero-order chi connectivity index (χ0) is 15.6. The van der Waals surface area contributed by atoms with Crippen LogP contribution in [0.25, 0.3) is 0 Å². The van der Waals surface area contributed by atoms with E-state index in [9.17, 15) is 8.42 Å². The third-order valence-corrected chi connectivity index (χ3v) is 5.94. The molecule has 1 aliphatic rings. The van der Waals surface area contributed by atoms with Crippen molar-refractivity contribution in [3.8, 4) is 0 Å². The molecule has 1 fully saturated rings. The fourth-order valence-electron chi connectivity index (χ4n) is 3.19. The molecule has 6 nitrogen and oxygen atoms in total. The van der Waals surface area contributed by atoms with Crippen LogP contribution in [-0.4, -0.2) is 36.5 Å². The van der Waals surface area contributed by atoms with Gasteiger partial charge in [0, 0.05) is 6.54 Å². The van der Waals surface area contributed by atoms with E-state index in [-0.39, 0.29) is 11.5 Å². The van der Waals surface area contributed by atoms with Crippen molar-refractivity contribution in [2.24, 2.45) is 11.8 Å². The number of aryl methyl sites for hydroxylation is 1. The SMILES string of the molecule is Cc1nn(CCO)c(C)c1S(=O)(=O)NCC1CCC(C)C1. The van der Waals surface area contributed by atoms with Crippen molar-refractivity contribution >= 4 is 10.0 Å². The van der Waals surface area contributed by atoms with Crippen LogP contribution in [0.3, 0.4) is 0 Å². The van der Waals surface area contributed by atoms with Crippen LogP contribution < -0.4 is 4.72 Å². The van der Waals surface area contributed by atoms with Gasteiger partial charge < -0.3 is 5.11 Å². The van der Waals surface area contributed by atoms with E-state index < -0.39 is 10.0 Å². The van der Waals surface area contributed by atoms with E-state index in [0.717, 1.165) is 12.8 Å². The predicted octanol–water partition coefficient (Wildman–Crippen LogP) is 1.21. The zero-order valence-corrected chi connectivity index (χ0v) is 13.8. The lowest BCUT2D eigenvalue weighted by Gasteiger charge is -2.12. The van der Waals surface area contributed by atoms with Crippen molar-refractivity contribution < 1.29 is 13.5 Å². The molecule has 0 bridgehead atoms. The van der Waals surface area contributed by atoms with Crippen molar-refractivity contribution in [3.63, 3.8) is 0 Å². The van der Waals surface area contributed by atoms with Crippen LogP contribution in [0.5, 0.6) is 0 Å². The number of hydrogen-bond acceptors (Lipinski definition) is 4. The van der Waals surface area contributed by atoms with E-state index in [2.05, 4.69) is 16.7 Å². The van der Waals surface area contributed by atoms with Gasteiger partial charge in [0.1, 0.15) is 4.90 Å². The lowest BCUT2D eigenvalue weighted by Crippen LogP contribution is -2.29. The number of sulfonamides is 1. The van der Waals surface area contributed by atoms with Gasteiger partial charge in [0.05, 0.1) is 24.5 Å². The molecule has 2 N–H and O–H groups in total. The lowest BCUT2D eigenvalue weighted by atomic mass is 10.1. The fourth-order valence-corrected chi connectivity index (χ4v) is 4.72. The van der Waals surface area contributed by atoms with E-state index in [0.29, 0.717) is 36.3 Å². The van der Waals surface area contributed by atoms with E-state index >= 15 is 0 Å². The zero-order valence-electron chi connectivity index (χ0n) is 13.0. The van der Waals surface area contributed by atoms with Crippen LogP contribution in [0.4, 0.5) is 0 Å². The Labute approximate surface area is 126 Å². The largest absolute Gasteiger partial charge is 0.394 e. The molecule has 0 aromatic carbocycles. The number of aliphatic hydroxyl groups excluding tert-OH is 1. The summed E-state index contributed by atoms with van der Waals surface area (Å²) in [4.78, 5) is 0.252. The summed E-state index contributed by atoms with van der Waals surface area (Å²) < 4.78 is 29.3. The average molecular weight is 315 g/mol. The highest BCUT2D eigenvalue weighted by Crippen LogP contribution is 2.30. The molecule has 2 atom stereocenters. The number of aromatic nitrogens is 2. The van der Waals surface area contributed by atoms with Gasteiger partial charge in [0.15, 0.2) is 0 Å². The van der Waals surface area contributed by atoms with Crippen LogP contribution in [0, 0.1) is 25.7 Å². The van der Waals surface area contributed by atoms with Crippen LogP contribution >= 0.6 is 0 Å². The van der Waals surface area contributed by atoms with Gasteiger partial charge in [-0.2, -0.15) is 5.10 Å². The maximum absolute atomic E-state index is 12.5. The number of nitrogens with one attached hydrogen (secondary N) is 1. The quantitative estimate of drug-likeness (QED) is 0.826. The van der Waals surface area contributed by atoms with Crippen LogP contribution in [-0.2, 0) is 16.6 Å². The molecule has 0 saturated heterocycles. The Balaban J connectivity index is 2.12. The van der Waals surface area contributed by atoms with Gasteiger partial charge in [-0.25, -0.2) is 13.1 Å². The Morgan fingerprint density at radius 1 is 1.38 bits per heavy atom. The van der Waals surface area contributed by atoms with Gasteiger partial charge in [-0.15, -0.1) is 0 Å². The van der Waals surface area contributed by atoms with Crippen molar-refractivity contribution in [3.05, 3.63) is 11.4 Å². The maximum atomic E-state index is 12.5. The Morgan fingerprint density at radius 3 is 2.67 bits per heavy atom. The first-order chi connectivity index (χ1) is 9.85. The molecule has 1 heterocycles. The number of rotatable bonds is 6. The predicted molar refractivity (Wildman–Crippen MR) is 80.5 cm³/mol. The Bertz CT molecular complexity index is 595. The standard InChI is InChI=1S/C14H25N3O3S/c1-10-4-5-13(8-10)9-15-21(19,20)14-11(2)16-17(6-7-18)12(14)3/h10,13,15,18H,4-9H2,1-3H3. The van der Waals surface area contributed by atoms with Gasteiger partial charge in [0.2, 0.25) is 10.0 Å². The second kappa shape index (κ2) is 6.46. The van der Waals surface area contributed by atoms with E-state index in [1.54, 1.807) is 18.5 Å². The number of nitrogens with zero attached hydrogens (tertiary/aromatic N) is 2. The minimum Gasteiger partial charge on any atom is -0.394 e. The van der Waals surface area contributed by atoms with Crippen molar-refractivity contribution in [2.45, 2.75) is 51.5 Å². The van der Waals surface area contributed by atoms with E-state index in [1.807, 2.05) is 0 Å². The van der Waals surface area contributed by atoms with Crippen LogP contribution in [0.1, 0.15) is 37.6 Å². The monoisotopic (exact) mass is 315 g/mol. The molecule has 2 unspecified atom stereocenters. The molecular weight excluding hydrogens is 290 g/mol. The lowest BCUT2D eigenvalue weighted by molar-refractivity contribution is 0.267. The third kappa shape index (κ3) is 3.64. The highest BCUT2D eigenvalue weighted by molar-refractivity contribution is 7.89. The Kier molecular flexibility index (Phi) is 5.06. The Morgan fingerprint density at radius 2 is 2.10 bits per heavy atom. The van der Waals surface area contributed by atoms with E-state index in [4.69, 9.17) is 5.11 Å². The minimum absolute atomic E-state index is 0.0607. The second-order valence-corrected chi connectivity index (χ2v) is 7.79. The highest BCUT2D eigenvalue weighted by Gasteiger charge is 2.27. The molecule has 1 aromatic heterocycles. The summed E-state index contributed by atoms with van der Waals surface area (Å²) in [6, 6.07) is 0. The van der Waals surface area contributed by atoms with Crippen LogP contribution in [0.2, 0.25) is 0 Å². The topological polar surface area (TPSA) is 84.2 Å². The van der Waals surface area contributed by atoms with Gasteiger partial charge >= 0.3 is 0 Å². The third-order valence-electron chi connectivity index (χ3n) is 4.26. The first-order valence-electron chi connectivity index (χ1n) is 7.49. The first kappa shape index (κ1) is 16.5. The summed E-state index contributed by atoms with van der Waals surface area (Å²) in [7, 11) is -3.54. The normalized spacial score (nSPS) is 22.9. The van der Waals surface area contributed by atoms with Crippen molar-refractivity contribution in [2.75, 3.05) is 13.2 Å². The average Bonchev–Trinajstić information content (AvgIpc) is 2.93. The first-order valence-corrected chi connectivity index (χ1v) is 8.98. The fraction of sp³-hybridized carbons (Fsp3) is 0.786. The van der Waals surface area contributed by atoms with Crippen molar-refractivity contribution in [1.82, 2.24) is 14.5 Å². The molecule has 7 heteroatoms. The highest BCUT2D eigenvalue weighted by atomic mass is 32.2. The molecule has 21 heavy (non-hydrogen) atoms. The molecule has 1 aromatic rings. The van der Waals surface area contributed by atoms with Crippen molar-refractivity contribution in [1.29, 1.82) is 0 Å². The summed E-state index contributed by atoms with van der Waals surface area (Å²) in [5.74, 6) is 1.12. The number of hydrogen-bond donors (Lipinski definition) is 2. The summed E-state index contributed by atoms with van der Waals surface area (Å²) in [5.41, 5.74) is 1.06. The molecule has 1 saturated carbocycles. The number of aliphatic hydroxyl groups is 1. The summed E-state index contributed by atoms with van der Waals surface area (Å²) in [5, 5.41) is 13.2. The summed E-state index contributed by atoms with van der Waals surface area (Å²) in [6.07, 6.45) is 3.36. The maximum Gasteiger partial charge on any atom is 0.244 e. The summed E-state index contributed by atoms with van der Waals surface area (Å²) >= 11 is 0. The molecule has 2 rings (SSSR count). The van der Waals surface area contributed by atoms with E-state index in [1.165, 1.54) is 6.42 Å². The smallest absolute Gasteiger partial charge is 0.244 e. The molecular formula is C14H25N3O3S. The minimum atomic E-state index is -3.54. The Hall–Kier alpha value is -0.920. The second-order valence-electron chi connectivity index (χ2n) is 6.08. The molecule has 1 aliphatic carbocycles. The summed E-state index contributed by atoms with van der Waals surface area (Å²) in [6.45, 7) is 6.37. The van der Waals surface area contributed by atoms with Crippen LogP contribution in [0.15, 0.2) is 4.90 Å². The van der Waals surface area contributed by atoms with Gasteiger partial charge in [-0.1, -0.05) is 13.3 Å². The van der Waals surface area contributed by atoms with Gasteiger partial charge in [0.25, 0.3) is 0 Å². The molecule has 0 radical (unpaired) electrons.